The van der Waals surface area contributed by atoms with Gasteiger partial charge in [0.15, 0.2) is 12.1 Å². The van der Waals surface area contributed by atoms with Crippen LogP contribution < -0.4 is 4.90 Å². The van der Waals surface area contributed by atoms with Gasteiger partial charge in [0, 0.05) is 5.92 Å². The van der Waals surface area contributed by atoms with Gasteiger partial charge in [0.1, 0.15) is 6.54 Å². The van der Waals surface area contributed by atoms with E-state index in [9.17, 15) is 14.4 Å². The summed E-state index contributed by atoms with van der Waals surface area (Å²) in [6, 6.07) is 23.6. The Hall–Kier alpha value is -4.92. The topological polar surface area (TPSA) is 98.0 Å². The molecule has 1 saturated heterocycles. The van der Waals surface area contributed by atoms with Crippen molar-refractivity contribution in [2.24, 2.45) is 21.4 Å². The van der Waals surface area contributed by atoms with Crippen LogP contribution in [0.4, 0.5) is 5.69 Å². The number of imide groups is 1. The molecule has 0 bridgehead atoms. The molecule has 4 aliphatic rings. The Balaban J connectivity index is 1.19. The normalized spacial score (nSPS) is 25.4. The zero-order chi connectivity index (χ0) is 29.7. The first kappa shape index (κ1) is 26.9. The van der Waals surface area contributed by atoms with Gasteiger partial charge in [-0.1, -0.05) is 84.1 Å². The third kappa shape index (κ3) is 4.56. The molecule has 0 aromatic heterocycles. The lowest BCUT2D eigenvalue weighted by atomic mass is 9.77. The van der Waals surface area contributed by atoms with E-state index in [0.29, 0.717) is 5.69 Å². The molecule has 0 N–H and O–H groups in total. The van der Waals surface area contributed by atoms with Crippen LogP contribution in [-0.2, 0) is 14.4 Å². The molecule has 3 aromatic rings. The quantitative estimate of drug-likeness (QED) is 0.381. The van der Waals surface area contributed by atoms with Crippen molar-refractivity contribution >= 4 is 35.2 Å². The van der Waals surface area contributed by atoms with Crippen LogP contribution in [0.2, 0.25) is 0 Å². The molecule has 3 heterocycles. The van der Waals surface area contributed by atoms with Gasteiger partial charge in [0.05, 0.1) is 17.4 Å². The second-order valence-corrected chi connectivity index (χ2v) is 11.6. The van der Waals surface area contributed by atoms with Crippen molar-refractivity contribution in [3.05, 3.63) is 107 Å². The van der Waals surface area contributed by atoms with Gasteiger partial charge in [-0.05, 0) is 67.0 Å². The Morgan fingerprint density at radius 3 is 2.30 bits per heavy atom. The van der Waals surface area contributed by atoms with E-state index in [0.717, 1.165) is 52.8 Å². The van der Waals surface area contributed by atoms with E-state index in [4.69, 9.17) is 5.10 Å². The van der Waals surface area contributed by atoms with Crippen LogP contribution in [0, 0.1) is 19.8 Å². The first-order valence-corrected chi connectivity index (χ1v) is 14.8. The van der Waals surface area contributed by atoms with Crippen molar-refractivity contribution in [1.29, 1.82) is 0 Å². The standard InChI is InChI=1S/C34H32N6O3/c1-21-11-9-12-22(2)30(21)39-33(42)29-32(34(39)43)38(37-35-29)20-27(41)40-31(24-15-7-4-8-16-24)26-18-10-17-25(28(26)36-40)19-23-13-5-3-6-14-23/h3-9,11-16,19,26,29,31-32H,10,17-18,20H2,1-2H3/b25-19+. The van der Waals surface area contributed by atoms with Gasteiger partial charge in [-0.2, -0.15) is 10.2 Å². The smallest absolute Gasteiger partial charge is 0.264 e. The largest absolute Gasteiger partial charge is 0.271 e. The fourth-order valence-electron chi connectivity index (χ4n) is 6.88. The van der Waals surface area contributed by atoms with Crippen LogP contribution in [0.15, 0.2) is 99.9 Å². The zero-order valence-electron chi connectivity index (χ0n) is 24.1. The molecule has 0 radical (unpaired) electrons. The molecule has 3 amide bonds. The van der Waals surface area contributed by atoms with Crippen molar-refractivity contribution in [3.63, 3.8) is 0 Å². The van der Waals surface area contributed by atoms with E-state index < -0.39 is 23.9 Å². The van der Waals surface area contributed by atoms with Gasteiger partial charge in [-0.3, -0.25) is 19.4 Å². The van der Waals surface area contributed by atoms with E-state index in [2.05, 4.69) is 28.5 Å². The Labute approximate surface area is 250 Å². The molecule has 43 heavy (non-hydrogen) atoms. The van der Waals surface area contributed by atoms with Crippen LogP contribution in [0.3, 0.4) is 0 Å². The minimum Gasteiger partial charge on any atom is -0.271 e. The van der Waals surface area contributed by atoms with Gasteiger partial charge in [0.2, 0.25) is 0 Å². The predicted octanol–water partition coefficient (Wildman–Crippen LogP) is 5.42. The molecule has 1 aliphatic carbocycles. The van der Waals surface area contributed by atoms with Gasteiger partial charge in [-0.25, -0.2) is 9.91 Å². The Kier molecular flexibility index (Phi) is 6.72. The van der Waals surface area contributed by atoms with Crippen LogP contribution in [0.5, 0.6) is 0 Å². The van der Waals surface area contributed by atoms with Crippen molar-refractivity contribution in [3.8, 4) is 0 Å². The van der Waals surface area contributed by atoms with Crippen LogP contribution in [0.1, 0.15) is 47.6 Å². The maximum atomic E-state index is 14.1. The summed E-state index contributed by atoms with van der Waals surface area (Å²) in [5, 5.41) is 16.2. The number of benzene rings is 3. The van der Waals surface area contributed by atoms with E-state index in [1.165, 1.54) is 9.91 Å². The number of allylic oxidation sites excluding steroid dienone is 1. The van der Waals surface area contributed by atoms with E-state index in [1.807, 2.05) is 80.6 Å². The van der Waals surface area contributed by atoms with Gasteiger partial charge in [0.25, 0.3) is 17.7 Å². The van der Waals surface area contributed by atoms with Crippen LogP contribution in [0.25, 0.3) is 6.08 Å². The molecule has 216 valence electrons. The molecule has 1 saturated carbocycles. The molecule has 7 rings (SSSR count). The molecular formula is C34H32N6O3. The number of fused-ring (bicyclic) bond motifs is 2. The van der Waals surface area contributed by atoms with Crippen molar-refractivity contribution in [2.75, 3.05) is 11.4 Å². The number of nitrogens with zero attached hydrogens (tertiary/aromatic N) is 6. The highest BCUT2D eigenvalue weighted by molar-refractivity contribution is 6.26. The molecule has 3 aliphatic heterocycles. The maximum Gasteiger partial charge on any atom is 0.264 e. The lowest BCUT2D eigenvalue weighted by molar-refractivity contribution is -0.136. The number of carbonyl (C=O) groups is 3. The Morgan fingerprint density at radius 2 is 1.58 bits per heavy atom. The fraction of sp³-hybridized carbons (Fsp3) is 0.294. The molecule has 9 nitrogen and oxygen atoms in total. The number of carbonyl (C=O) groups excluding carboxylic acids is 3. The average molecular weight is 573 g/mol. The third-order valence-electron chi connectivity index (χ3n) is 8.86. The first-order chi connectivity index (χ1) is 20.9. The van der Waals surface area contributed by atoms with E-state index in [-0.39, 0.29) is 24.4 Å². The number of hydrazone groups is 1. The van der Waals surface area contributed by atoms with Crippen molar-refractivity contribution in [1.82, 2.24) is 10.0 Å². The summed E-state index contributed by atoms with van der Waals surface area (Å²) in [5.74, 6) is -1.08. The van der Waals surface area contributed by atoms with E-state index >= 15 is 0 Å². The second-order valence-electron chi connectivity index (χ2n) is 11.6. The average Bonchev–Trinajstić information content (AvgIpc) is 3.68. The third-order valence-corrected chi connectivity index (χ3v) is 8.86. The van der Waals surface area contributed by atoms with Crippen LogP contribution >= 0.6 is 0 Å². The molecular weight excluding hydrogens is 540 g/mol. The monoisotopic (exact) mass is 572 g/mol. The van der Waals surface area contributed by atoms with Gasteiger partial charge < -0.3 is 0 Å². The highest BCUT2D eigenvalue weighted by Crippen LogP contribution is 2.45. The number of para-hydroxylation sites is 1. The lowest BCUT2D eigenvalue weighted by Crippen LogP contribution is -2.45. The van der Waals surface area contributed by atoms with Gasteiger partial charge >= 0.3 is 0 Å². The zero-order valence-corrected chi connectivity index (χ0v) is 24.1. The minimum atomic E-state index is -0.975. The number of hydrogen-bond donors (Lipinski definition) is 0. The molecule has 2 fully saturated rings. The maximum absolute atomic E-state index is 14.1. The fourth-order valence-corrected chi connectivity index (χ4v) is 6.88. The summed E-state index contributed by atoms with van der Waals surface area (Å²) in [7, 11) is 0. The SMILES string of the molecule is Cc1cccc(C)c1N1C(=O)C2N=NN(CC(=O)N3N=C4/C(=C/c5ccccc5)CCCC4C3c3ccccc3)C2C1=O. The Morgan fingerprint density at radius 1 is 0.884 bits per heavy atom. The summed E-state index contributed by atoms with van der Waals surface area (Å²) in [6.45, 7) is 3.53. The molecule has 4 atom stereocenters. The first-order valence-electron chi connectivity index (χ1n) is 14.8. The number of anilines is 1. The number of hydrogen-bond acceptors (Lipinski definition) is 7. The summed E-state index contributed by atoms with van der Waals surface area (Å²) >= 11 is 0. The second kappa shape index (κ2) is 10.7. The summed E-state index contributed by atoms with van der Waals surface area (Å²) < 4.78 is 0. The summed E-state index contributed by atoms with van der Waals surface area (Å²) in [5.41, 5.74) is 6.40. The number of rotatable bonds is 5. The number of aryl methyl sites for hydroxylation is 2. The van der Waals surface area contributed by atoms with E-state index in [1.54, 1.807) is 5.01 Å². The molecule has 3 aromatic carbocycles. The number of amides is 3. The van der Waals surface area contributed by atoms with Crippen LogP contribution in [-0.4, -0.2) is 52.1 Å². The highest BCUT2D eigenvalue weighted by Gasteiger charge is 2.56. The lowest BCUT2D eigenvalue weighted by Gasteiger charge is -2.30. The summed E-state index contributed by atoms with van der Waals surface area (Å²) in [6.07, 6.45) is 4.98. The molecule has 0 spiro atoms. The minimum absolute atomic E-state index is 0.0530. The molecule has 9 heteroatoms. The predicted molar refractivity (Wildman–Crippen MR) is 163 cm³/mol. The van der Waals surface area contributed by atoms with Crippen molar-refractivity contribution in [2.45, 2.75) is 51.2 Å². The van der Waals surface area contributed by atoms with Crippen molar-refractivity contribution < 1.29 is 14.4 Å². The summed E-state index contributed by atoms with van der Waals surface area (Å²) in [4.78, 5) is 42.4. The Bertz CT molecular complexity index is 1680. The van der Waals surface area contributed by atoms with Gasteiger partial charge in [-0.15, -0.1) is 0 Å². The highest BCUT2D eigenvalue weighted by atomic mass is 16.2. The molecule has 4 unspecified atom stereocenters.